The van der Waals surface area contributed by atoms with Crippen LogP contribution in [0.15, 0.2) is 53.6 Å². The summed E-state index contributed by atoms with van der Waals surface area (Å²) in [5.74, 6) is 0. The predicted octanol–water partition coefficient (Wildman–Crippen LogP) is 0.200. The number of fused-ring (bicyclic) bond motifs is 1. The van der Waals surface area contributed by atoms with Crippen molar-refractivity contribution in [3.63, 3.8) is 0 Å². The van der Waals surface area contributed by atoms with Crippen LogP contribution in [0.4, 0.5) is 0 Å². The summed E-state index contributed by atoms with van der Waals surface area (Å²) in [4.78, 5) is 4.38. The molecule has 1 aliphatic rings. The van der Waals surface area contributed by atoms with Crippen molar-refractivity contribution in [1.29, 1.82) is 0 Å². The van der Waals surface area contributed by atoms with Crippen molar-refractivity contribution in [3.05, 3.63) is 59.8 Å². The van der Waals surface area contributed by atoms with Gasteiger partial charge < -0.3 is 5.11 Å². The van der Waals surface area contributed by atoms with Crippen LogP contribution < -0.4 is 27.1 Å². The van der Waals surface area contributed by atoms with Crippen molar-refractivity contribution >= 4 is 20.9 Å². The number of benzene rings is 2. The van der Waals surface area contributed by atoms with Crippen LogP contribution in [0.2, 0.25) is 0 Å². The molecule has 0 saturated carbocycles. The Kier molecular flexibility index (Phi) is 5.08. The number of nitrogens with two attached hydrogens (primary N) is 1. The van der Waals surface area contributed by atoms with E-state index in [0.717, 1.165) is 16.5 Å². The quantitative estimate of drug-likeness (QED) is 0.357. The van der Waals surface area contributed by atoms with Crippen LogP contribution in [0.5, 0.6) is 0 Å². The molecule has 0 atom stereocenters. The van der Waals surface area contributed by atoms with Crippen LogP contribution in [-0.2, 0) is 16.4 Å². The van der Waals surface area contributed by atoms with Crippen molar-refractivity contribution < 1.29 is 13.5 Å². The Morgan fingerprint density at radius 2 is 1.82 bits per heavy atom. The second-order valence-corrected chi connectivity index (χ2v) is 7.88. The van der Waals surface area contributed by atoms with E-state index in [0.29, 0.717) is 16.7 Å². The lowest BCUT2D eigenvalue weighted by atomic mass is 9.92. The third-order valence-electron chi connectivity index (χ3n) is 4.66. The van der Waals surface area contributed by atoms with Gasteiger partial charge >= 0.3 is 0 Å². The molecule has 9 nitrogen and oxygen atoms in total. The Bertz CT molecular complexity index is 1120. The van der Waals surface area contributed by atoms with Gasteiger partial charge in [0.05, 0.1) is 10.4 Å². The van der Waals surface area contributed by atoms with E-state index < -0.39 is 16.2 Å². The number of aliphatic hydroxyl groups is 1. The zero-order chi connectivity index (χ0) is 19.7. The van der Waals surface area contributed by atoms with Crippen LogP contribution in [0.3, 0.4) is 0 Å². The molecule has 1 aliphatic heterocycles. The highest BCUT2D eigenvalue weighted by atomic mass is 32.2. The molecule has 1 saturated heterocycles. The van der Waals surface area contributed by atoms with Gasteiger partial charge in [-0.3, -0.25) is 4.98 Å². The number of aromatic nitrogens is 1. The molecular formula is C18H20N6O3S. The summed E-state index contributed by atoms with van der Waals surface area (Å²) in [5, 5.41) is 15.9. The Hall–Kier alpha value is -2.44. The van der Waals surface area contributed by atoms with Gasteiger partial charge in [-0.1, -0.05) is 30.3 Å². The number of hydrogen-bond donors (Lipinski definition) is 6. The first-order valence-corrected chi connectivity index (χ1v) is 10.2. The number of nitrogens with one attached hydrogen (secondary N) is 4. The Morgan fingerprint density at radius 1 is 1.04 bits per heavy atom. The Balaban J connectivity index is 2.07. The summed E-state index contributed by atoms with van der Waals surface area (Å²) >= 11 is 0. The molecule has 7 N–H and O–H groups in total. The molecule has 2 heterocycles. The zero-order valence-corrected chi connectivity index (χ0v) is 15.6. The molecule has 3 aromatic rings. The van der Waals surface area contributed by atoms with Crippen molar-refractivity contribution in [1.82, 2.24) is 26.9 Å². The summed E-state index contributed by atoms with van der Waals surface area (Å²) in [6.45, 7) is -0.193. The number of sulfonamides is 1. The van der Waals surface area contributed by atoms with E-state index in [1.54, 1.807) is 12.3 Å². The van der Waals surface area contributed by atoms with Crippen LogP contribution in [0.1, 0.15) is 17.3 Å². The maximum absolute atomic E-state index is 12.5. The second kappa shape index (κ2) is 7.53. The van der Waals surface area contributed by atoms with E-state index in [9.17, 15) is 13.5 Å². The molecule has 28 heavy (non-hydrogen) atoms. The smallest absolute Gasteiger partial charge is 0.238 e. The van der Waals surface area contributed by atoms with E-state index in [-0.39, 0.29) is 17.9 Å². The monoisotopic (exact) mass is 400 g/mol. The number of hydrazine groups is 3. The first kappa shape index (κ1) is 18.9. The molecule has 0 spiro atoms. The van der Waals surface area contributed by atoms with Gasteiger partial charge in [-0.05, 0) is 35.2 Å². The van der Waals surface area contributed by atoms with Gasteiger partial charge in [0.25, 0.3) is 0 Å². The van der Waals surface area contributed by atoms with Gasteiger partial charge in [0.2, 0.25) is 10.0 Å². The SMILES string of the molecule is NS(=O)(=O)c1c(CCO)ccc(-c2cccc3ncccc23)c1C1NNNN1. The number of rotatable bonds is 5. The summed E-state index contributed by atoms with van der Waals surface area (Å²) in [6, 6.07) is 13.0. The van der Waals surface area contributed by atoms with Crippen molar-refractivity contribution in [2.45, 2.75) is 17.5 Å². The molecule has 0 radical (unpaired) electrons. The Morgan fingerprint density at radius 3 is 2.54 bits per heavy atom. The fraction of sp³-hybridized carbons (Fsp3) is 0.167. The first-order valence-electron chi connectivity index (χ1n) is 8.65. The summed E-state index contributed by atoms with van der Waals surface area (Å²) in [5.41, 5.74) is 14.5. The van der Waals surface area contributed by atoms with E-state index in [4.69, 9.17) is 5.14 Å². The molecule has 4 rings (SSSR count). The summed E-state index contributed by atoms with van der Waals surface area (Å²) in [6.07, 6.45) is 1.30. The van der Waals surface area contributed by atoms with E-state index >= 15 is 0 Å². The Labute approximate surface area is 161 Å². The average molecular weight is 400 g/mol. The van der Waals surface area contributed by atoms with Gasteiger partial charge in [-0.2, -0.15) is 11.1 Å². The van der Waals surface area contributed by atoms with Gasteiger partial charge in [0.15, 0.2) is 0 Å². The summed E-state index contributed by atoms with van der Waals surface area (Å²) < 4.78 is 25.1. The van der Waals surface area contributed by atoms with E-state index in [1.165, 1.54) is 0 Å². The van der Waals surface area contributed by atoms with Crippen LogP contribution in [0, 0.1) is 0 Å². The third kappa shape index (κ3) is 3.38. The highest BCUT2D eigenvalue weighted by Crippen LogP contribution is 2.37. The van der Waals surface area contributed by atoms with Crippen molar-refractivity contribution in [2.75, 3.05) is 6.61 Å². The van der Waals surface area contributed by atoms with Gasteiger partial charge in [-0.15, -0.1) is 0 Å². The molecule has 0 unspecified atom stereocenters. The molecule has 146 valence electrons. The van der Waals surface area contributed by atoms with Crippen LogP contribution in [0.25, 0.3) is 22.0 Å². The van der Waals surface area contributed by atoms with E-state index in [2.05, 4.69) is 26.9 Å². The maximum atomic E-state index is 12.5. The largest absolute Gasteiger partial charge is 0.396 e. The number of hydrogen-bond acceptors (Lipinski definition) is 8. The minimum atomic E-state index is -4.07. The second-order valence-electron chi connectivity index (χ2n) is 6.38. The standard InChI is InChI=1S/C18H20N6O3S/c19-28(26,27)17-11(8-10-25)6-7-14(16(17)18-21-23-24-22-18)12-3-1-5-15-13(12)4-2-9-20-15/h1-7,9,18,21-25H,8,10H2,(H2,19,26,27). The summed E-state index contributed by atoms with van der Waals surface area (Å²) in [7, 11) is -4.07. The lowest BCUT2D eigenvalue weighted by Crippen LogP contribution is -2.33. The van der Waals surface area contributed by atoms with E-state index in [1.807, 2.05) is 36.4 Å². The fourth-order valence-electron chi connectivity index (χ4n) is 3.55. The normalized spacial score (nSPS) is 15.4. The molecule has 0 aliphatic carbocycles. The van der Waals surface area contributed by atoms with Crippen LogP contribution in [-0.4, -0.2) is 25.1 Å². The molecule has 10 heteroatoms. The van der Waals surface area contributed by atoms with Crippen molar-refractivity contribution in [3.8, 4) is 11.1 Å². The molecule has 0 amide bonds. The predicted molar refractivity (Wildman–Crippen MR) is 105 cm³/mol. The first-order chi connectivity index (χ1) is 13.5. The minimum absolute atomic E-state index is 0.00422. The number of aliphatic hydroxyl groups excluding tert-OH is 1. The molecule has 1 fully saturated rings. The maximum Gasteiger partial charge on any atom is 0.238 e. The molecule has 2 aromatic carbocycles. The van der Waals surface area contributed by atoms with Gasteiger partial charge in [-0.25, -0.2) is 24.4 Å². The lowest BCUT2D eigenvalue weighted by molar-refractivity contribution is 0.298. The van der Waals surface area contributed by atoms with Crippen LogP contribution >= 0.6 is 0 Å². The van der Waals surface area contributed by atoms with Gasteiger partial charge in [0, 0.05) is 23.8 Å². The third-order valence-corrected chi connectivity index (χ3v) is 5.71. The van der Waals surface area contributed by atoms with Gasteiger partial charge in [0.1, 0.15) is 6.17 Å². The number of pyridine rings is 1. The number of primary sulfonamides is 1. The molecule has 0 bridgehead atoms. The minimum Gasteiger partial charge on any atom is -0.396 e. The number of nitrogens with zero attached hydrogens (tertiary/aromatic N) is 1. The fourth-order valence-corrected chi connectivity index (χ4v) is 4.62. The highest BCUT2D eigenvalue weighted by molar-refractivity contribution is 7.89. The van der Waals surface area contributed by atoms with Crippen molar-refractivity contribution in [2.24, 2.45) is 5.14 Å². The zero-order valence-electron chi connectivity index (χ0n) is 14.8. The topological polar surface area (TPSA) is 141 Å². The lowest BCUT2D eigenvalue weighted by Gasteiger charge is -2.22. The average Bonchev–Trinajstić information content (AvgIpc) is 3.21. The molecular weight excluding hydrogens is 380 g/mol. The highest BCUT2D eigenvalue weighted by Gasteiger charge is 2.30. The molecule has 1 aromatic heterocycles.